The molecule has 5 rings (SSSR count). The predicted octanol–water partition coefficient (Wildman–Crippen LogP) is 5.41. The third kappa shape index (κ3) is 4.33. The number of aliphatic imine (C=N–C) groups is 1. The third-order valence-corrected chi connectivity index (χ3v) is 6.89. The van der Waals surface area contributed by atoms with Crippen molar-refractivity contribution in [1.29, 1.82) is 5.41 Å². The highest BCUT2D eigenvalue weighted by molar-refractivity contribution is 8.27. The van der Waals surface area contributed by atoms with Gasteiger partial charge in [0.15, 0.2) is 5.84 Å². The molecule has 176 valence electrons. The summed E-state index contributed by atoms with van der Waals surface area (Å²) in [6, 6.07) is 18.1. The Morgan fingerprint density at radius 2 is 1.80 bits per heavy atom. The van der Waals surface area contributed by atoms with E-state index < -0.39 is 5.91 Å². The number of carbonyl (C=O) groups excluding carboxylic acids is 1. The Labute approximate surface area is 208 Å². The summed E-state index contributed by atoms with van der Waals surface area (Å²) in [6.07, 6.45) is 1.74. The average molecular weight is 484 g/mol. The van der Waals surface area contributed by atoms with Crippen molar-refractivity contribution < 1.29 is 9.53 Å². The molecule has 0 spiro atoms. The molecular formula is C27H25N5O2S. The van der Waals surface area contributed by atoms with Crippen LogP contribution in [0.4, 0.5) is 0 Å². The number of carbonyl (C=O) groups is 1. The Kier molecular flexibility index (Phi) is 5.90. The minimum Gasteiger partial charge on any atom is -0.486 e. The Morgan fingerprint density at radius 1 is 1.06 bits per heavy atom. The molecule has 2 aliphatic rings. The van der Waals surface area contributed by atoms with Crippen molar-refractivity contribution in [2.24, 2.45) is 10.1 Å². The van der Waals surface area contributed by atoms with Crippen molar-refractivity contribution in [3.8, 4) is 11.4 Å². The fourth-order valence-corrected chi connectivity index (χ4v) is 4.93. The van der Waals surface area contributed by atoms with E-state index in [0.29, 0.717) is 10.2 Å². The number of hydrogen-bond donors (Lipinski definition) is 1. The number of amidine groups is 2. The zero-order chi connectivity index (χ0) is 24.7. The first kappa shape index (κ1) is 22.9. The van der Waals surface area contributed by atoms with Crippen molar-refractivity contribution >= 4 is 39.8 Å². The van der Waals surface area contributed by atoms with E-state index >= 15 is 0 Å². The lowest BCUT2D eigenvalue weighted by Gasteiger charge is -2.20. The SMILES string of the molecule is Cc1ccc(-n2c(C)cc(/C=C3\C(=N)N4N=C(COc5ccccc5C)SC4=NC3=O)c2C)cc1. The molecule has 1 aromatic heterocycles. The monoisotopic (exact) mass is 483 g/mol. The van der Waals surface area contributed by atoms with Gasteiger partial charge in [-0.25, -0.2) is 0 Å². The lowest BCUT2D eigenvalue weighted by Crippen LogP contribution is -2.35. The summed E-state index contributed by atoms with van der Waals surface area (Å²) >= 11 is 1.25. The van der Waals surface area contributed by atoms with Gasteiger partial charge in [0.25, 0.3) is 5.91 Å². The Balaban J connectivity index is 1.40. The van der Waals surface area contributed by atoms with Crippen molar-refractivity contribution in [2.75, 3.05) is 6.61 Å². The summed E-state index contributed by atoms with van der Waals surface area (Å²) in [7, 11) is 0. The van der Waals surface area contributed by atoms with Gasteiger partial charge in [0.05, 0.1) is 5.57 Å². The summed E-state index contributed by atoms with van der Waals surface area (Å²) in [5, 5.41) is 15.6. The van der Waals surface area contributed by atoms with Crippen LogP contribution >= 0.6 is 11.8 Å². The number of benzene rings is 2. The fourth-order valence-electron chi connectivity index (χ4n) is 4.13. The molecule has 0 bridgehead atoms. The molecule has 0 radical (unpaired) electrons. The van der Waals surface area contributed by atoms with Gasteiger partial charge >= 0.3 is 0 Å². The molecule has 0 atom stereocenters. The van der Waals surface area contributed by atoms with Crippen LogP contribution in [0.5, 0.6) is 5.75 Å². The van der Waals surface area contributed by atoms with Crippen LogP contribution in [0.3, 0.4) is 0 Å². The summed E-state index contributed by atoms with van der Waals surface area (Å²) in [4.78, 5) is 17.1. The normalized spacial score (nSPS) is 16.5. The fraction of sp³-hybridized carbons (Fsp3) is 0.185. The van der Waals surface area contributed by atoms with Gasteiger partial charge in [-0.15, -0.1) is 0 Å². The average Bonchev–Trinajstić information content (AvgIpc) is 3.36. The summed E-state index contributed by atoms with van der Waals surface area (Å²) < 4.78 is 8.03. The summed E-state index contributed by atoms with van der Waals surface area (Å²) in [5.74, 6) is 0.349. The van der Waals surface area contributed by atoms with E-state index in [1.54, 1.807) is 6.08 Å². The maximum atomic E-state index is 12.9. The number of ether oxygens (including phenoxy) is 1. The Morgan fingerprint density at radius 3 is 2.54 bits per heavy atom. The Hall–Kier alpha value is -3.91. The van der Waals surface area contributed by atoms with Crippen LogP contribution < -0.4 is 4.74 Å². The topological polar surface area (TPSA) is 83.0 Å². The van der Waals surface area contributed by atoms with Crippen LogP contribution in [-0.4, -0.2) is 38.1 Å². The molecule has 0 saturated heterocycles. The predicted molar refractivity (Wildman–Crippen MR) is 142 cm³/mol. The van der Waals surface area contributed by atoms with Crippen LogP contribution in [-0.2, 0) is 4.79 Å². The number of nitrogens with zero attached hydrogens (tertiary/aromatic N) is 4. The largest absolute Gasteiger partial charge is 0.486 e. The first-order valence-electron chi connectivity index (χ1n) is 11.3. The molecule has 1 amide bonds. The lowest BCUT2D eigenvalue weighted by molar-refractivity contribution is -0.114. The number of thioether (sulfide) groups is 1. The molecule has 3 aromatic rings. The molecule has 7 nitrogen and oxygen atoms in total. The highest BCUT2D eigenvalue weighted by Gasteiger charge is 2.36. The maximum Gasteiger partial charge on any atom is 0.283 e. The van der Waals surface area contributed by atoms with Crippen LogP contribution in [0.2, 0.25) is 0 Å². The van der Waals surface area contributed by atoms with E-state index in [1.807, 2.05) is 51.1 Å². The summed E-state index contributed by atoms with van der Waals surface area (Å²) in [6.45, 7) is 8.32. The van der Waals surface area contributed by atoms with Gasteiger partial charge < -0.3 is 9.30 Å². The standard InChI is InChI=1S/C27H25N5O2S/c1-16-9-11-21(12-10-16)31-18(3)13-20(19(31)4)14-22-25(28)32-27(29-26(22)33)35-24(30-32)15-34-23-8-6-5-7-17(23)2/h5-14,28H,15H2,1-4H3/b22-14+,28-25?. The van der Waals surface area contributed by atoms with Gasteiger partial charge in [0, 0.05) is 17.1 Å². The molecular weight excluding hydrogens is 458 g/mol. The van der Waals surface area contributed by atoms with Gasteiger partial charge in [-0.2, -0.15) is 15.1 Å². The number of nitrogens with one attached hydrogen (secondary N) is 1. The number of aryl methyl sites for hydroxylation is 3. The van der Waals surface area contributed by atoms with E-state index in [4.69, 9.17) is 10.1 Å². The number of aromatic nitrogens is 1. The minimum atomic E-state index is -0.440. The number of para-hydroxylation sites is 1. The first-order valence-corrected chi connectivity index (χ1v) is 12.1. The second-order valence-corrected chi connectivity index (χ2v) is 9.61. The number of amides is 1. The molecule has 0 unspecified atom stereocenters. The molecule has 2 aromatic carbocycles. The molecule has 0 saturated carbocycles. The molecule has 1 N–H and O–H groups in total. The van der Waals surface area contributed by atoms with Gasteiger partial charge in [-0.1, -0.05) is 35.9 Å². The van der Waals surface area contributed by atoms with Crippen LogP contribution in [0.15, 0.2) is 70.3 Å². The van der Waals surface area contributed by atoms with E-state index in [1.165, 1.54) is 22.3 Å². The third-order valence-electron chi connectivity index (χ3n) is 6.00. The van der Waals surface area contributed by atoms with Crippen molar-refractivity contribution in [3.05, 3.63) is 88.2 Å². The molecule has 8 heteroatoms. The van der Waals surface area contributed by atoms with Gasteiger partial charge in [-0.05, 0) is 80.9 Å². The molecule has 35 heavy (non-hydrogen) atoms. The molecule has 0 fully saturated rings. The van der Waals surface area contributed by atoms with E-state index in [9.17, 15) is 4.79 Å². The van der Waals surface area contributed by atoms with Crippen LogP contribution in [0, 0.1) is 33.1 Å². The molecule has 2 aliphatic heterocycles. The van der Waals surface area contributed by atoms with Gasteiger partial charge in [0.1, 0.15) is 17.4 Å². The summed E-state index contributed by atoms with van der Waals surface area (Å²) in [5.41, 5.74) is 6.39. The van der Waals surface area contributed by atoms with E-state index in [-0.39, 0.29) is 18.0 Å². The van der Waals surface area contributed by atoms with E-state index in [2.05, 4.69) is 45.9 Å². The zero-order valence-electron chi connectivity index (χ0n) is 20.0. The van der Waals surface area contributed by atoms with Crippen LogP contribution in [0.25, 0.3) is 11.8 Å². The lowest BCUT2D eigenvalue weighted by atomic mass is 10.1. The van der Waals surface area contributed by atoms with E-state index in [0.717, 1.165) is 34.0 Å². The van der Waals surface area contributed by atoms with Crippen LogP contribution in [0.1, 0.15) is 28.1 Å². The highest BCUT2D eigenvalue weighted by Crippen LogP contribution is 2.30. The molecule has 0 aliphatic carbocycles. The number of rotatable bonds is 5. The van der Waals surface area contributed by atoms with Gasteiger partial charge in [-0.3, -0.25) is 10.2 Å². The number of hydrazone groups is 1. The van der Waals surface area contributed by atoms with Gasteiger partial charge in [0.2, 0.25) is 5.17 Å². The first-order chi connectivity index (χ1) is 16.8. The zero-order valence-corrected chi connectivity index (χ0v) is 20.8. The molecule has 3 heterocycles. The quantitative estimate of drug-likeness (QED) is 0.492. The number of fused-ring (bicyclic) bond motifs is 1. The van der Waals surface area contributed by atoms with Crippen molar-refractivity contribution in [3.63, 3.8) is 0 Å². The second kappa shape index (κ2) is 9.03. The Bertz CT molecular complexity index is 1450. The van der Waals surface area contributed by atoms with Crippen molar-refractivity contribution in [1.82, 2.24) is 9.58 Å². The maximum absolute atomic E-state index is 12.9. The number of hydrogen-bond acceptors (Lipinski definition) is 5. The smallest absolute Gasteiger partial charge is 0.283 e. The highest BCUT2D eigenvalue weighted by atomic mass is 32.2. The minimum absolute atomic E-state index is 0.0125. The van der Waals surface area contributed by atoms with Crippen molar-refractivity contribution in [2.45, 2.75) is 27.7 Å². The second-order valence-electron chi connectivity index (χ2n) is 8.57.